The second-order valence-electron chi connectivity index (χ2n) is 5.47. The lowest BCUT2D eigenvalue weighted by Crippen LogP contribution is -2.27. The zero-order valence-electron chi connectivity index (χ0n) is 12.8. The van der Waals surface area contributed by atoms with Crippen molar-refractivity contribution in [3.63, 3.8) is 0 Å². The molecule has 0 bridgehead atoms. The second-order valence-corrected chi connectivity index (χ2v) is 7.22. The minimum absolute atomic E-state index is 0. The fourth-order valence-electron chi connectivity index (χ4n) is 2.44. The van der Waals surface area contributed by atoms with Gasteiger partial charge in [0, 0.05) is 6.54 Å². The zero-order valence-corrected chi connectivity index (χ0v) is 14.4. The van der Waals surface area contributed by atoms with Crippen LogP contribution in [-0.2, 0) is 10.0 Å². The van der Waals surface area contributed by atoms with E-state index in [1.807, 2.05) is 0 Å². The third-order valence-corrected chi connectivity index (χ3v) is 4.11. The Morgan fingerprint density at radius 2 is 2.17 bits per heavy atom. The maximum absolute atomic E-state index is 13.3. The summed E-state index contributed by atoms with van der Waals surface area (Å²) in [6.45, 7) is 2.40. The van der Waals surface area contributed by atoms with Crippen molar-refractivity contribution < 1.29 is 17.6 Å². The normalized spacial score (nSPS) is 17.4. The summed E-state index contributed by atoms with van der Waals surface area (Å²) in [5.41, 5.74) is 0.0545. The first-order chi connectivity index (χ1) is 10.3. The van der Waals surface area contributed by atoms with Gasteiger partial charge in [0.25, 0.3) is 5.91 Å². The number of carbonyl (C=O) groups is 1. The van der Waals surface area contributed by atoms with Crippen LogP contribution in [0.15, 0.2) is 18.2 Å². The van der Waals surface area contributed by atoms with Crippen molar-refractivity contribution in [2.45, 2.75) is 12.8 Å². The summed E-state index contributed by atoms with van der Waals surface area (Å²) >= 11 is 0. The Bertz CT molecular complexity index is 649. The van der Waals surface area contributed by atoms with Gasteiger partial charge in [0.2, 0.25) is 10.0 Å². The molecule has 3 N–H and O–H groups in total. The van der Waals surface area contributed by atoms with E-state index in [1.165, 1.54) is 6.07 Å². The summed E-state index contributed by atoms with van der Waals surface area (Å²) in [6, 6.07) is 3.38. The first-order valence-electron chi connectivity index (χ1n) is 7.11. The number of halogens is 2. The standard InChI is InChI=1S/C14H20FN3O3S.ClH/c1-22(20,21)18-13-3-2-11(15)8-12(13)14(19)17-7-5-10-4-6-16-9-10;/h2-3,8,10,16,18H,4-7,9H2,1H3,(H,17,19);1H. The molecule has 1 heterocycles. The Balaban J connectivity index is 0.00000264. The molecule has 0 aromatic heterocycles. The van der Waals surface area contributed by atoms with Crippen LogP contribution in [0.1, 0.15) is 23.2 Å². The molecule has 1 aromatic rings. The van der Waals surface area contributed by atoms with Crippen LogP contribution in [0.4, 0.5) is 10.1 Å². The van der Waals surface area contributed by atoms with Crippen molar-refractivity contribution >= 4 is 34.0 Å². The Morgan fingerprint density at radius 1 is 1.43 bits per heavy atom. The largest absolute Gasteiger partial charge is 0.352 e. The molecule has 0 saturated carbocycles. The molecule has 0 aliphatic carbocycles. The Hall–Kier alpha value is -1.38. The smallest absolute Gasteiger partial charge is 0.253 e. The van der Waals surface area contributed by atoms with E-state index in [-0.39, 0.29) is 23.7 Å². The topological polar surface area (TPSA) is 87.3 Å². The summed E-state index contributed by atoms with van der Waals surface area (Å²) < 4.78 is 38.2. The molecule has 1 fully saturated rings. The minimum Gasteiger partial charge on any atom is -0.352 e. The molecule has 2 rings (SSSR count). The highest BCUT2D eigenvalue weighted by molar-refractivity contribution is 7.92. The number of hydrogen-bond acceptors (Lipinski definition) is 4. The molecule has 1 saturated heterocycles. The van der Waals surface area contributed by atoms with E-state index in [1.54, 1.807) is 0 Å². The van der Waals surface area contributed by atoms with E-state index in [0.29, 0.717) is 12.5 Å². The van der Waals surface area contributed by atoms with Crippen molar-refractivity contribution in [3.8, 4) is 0 Å². The molecule has 23 heavy (non-hydrogen) atoms. The van der Waals surface area contributed by atoms with Gasteiger partial charge in [-0.2, -0.15) is 0 Å². The Labute approximate surface area is 141 Å². The number of anilines is 1. The summed E-state index contributed by atoms with van der Waals surface area (Å²) in [5.74, 6) is -0.553. The van der Waals surface area contributed by atoms with Crippen molar-refractivity contribution in [2.24, 2.45) is 5.92 Å². The maximum atomic E-state index is 13.3. The van der Waals surface area contributed by atoms with Gasteiger partial charge in [-0.1, -0.05) is 0 Å². The first kappa shape index (κ1) is 19.7. The van der Waals surface area contributed by atoms with Gasteiger partial charge in [-0.05, 0) is 50.0 Å². The molecule has 0 radical (unpaired) electrons. The van der Waals surface area contributed by atoms with E-state index in [0.717, 1.165) is 44.3 Å². The minimum atomic E-state index is -3.54. The number of benzene rings is 1. The van der Waals surface area contributed by atoms with Gasteiger partial charge in [0.15, 0.2) is 0 Å². The molecule has 1 aliphatic heterocycles. The van der Waals surface area contributed by atoms with E-state index in [9.17, 15) is 17.6 Å². The molecule has 1 aliphatic rings. The predicted molar refractivity (Wildman–Crippen MR) is 90.0 cm³/mol. The van der Waals surface area contributed by atoms with Crippen molar-refractivity contribution in [3.05, 3.63) is 29.6 Å². The number of amides is 1. The van der Waals surface area contributed by atoms with Crippen molar-refractivity contribution in [1.29, 1.82) is 0 Å². The zero-order chi connectivity index (χ0) is 16.2. The number of hydrogen-bond donors (Lipinski definition) is 3. The molecule has 9 heteroatoms. The second kappa shape index (κ2) is 8.47. The van der Waals surface area contributed by atoms with Crippen LogP contribution in [0.25, 0.3) is 0 Å². The Morgan fingerprint density at radius 3 is 2.78 bits per heavy atom. The SMILES string of the molecule is CS(=O)(=O)Nc1ccc(F)cc1C(=O)NCCC1CCNC1.Cl. The lowest BCUT2D eigenvalue weighted by molar-refractivity contribution is 0.0952. The maximum Gasteiger partial charge on any atom is 0.253 e. The van der Waals surface area contributed by atoms with Crippen LogP contribution in [0, 0.1) is 11.7 Å². The van der Waals surface area contributed by atoms with Gasteiger partial charge in [0.05, 0.1) is 17.5 Å². The third-order valence-electron chi connectivity index (χ3n) is 3.52. The lowest BCUT2D eigenvalue weighted by Gasteiger charge is -2.12. The summed E-state index contributed by atoms with van der Waals surface area (Å²) in [6.07, 6.45) is 2.89. The van der Waals surface area contributed by atoms with E-state index in [4.69, 9.17) is 0 Å². The van der Waals surface area contributed by atoms with Gasteiger partial charge >= 0.3 is 0 Å². The highest BCUT2D eigenvalue weighted by Gasteiger charge is 2.17. The molecule has 1 unspecified atom stereocenters. The van der Waals surface area contributed by atoms with Crippen LogP contribution >= 0.6 is 12.4 Å². The third kappa shape index (κ3) is 6.32. The monoisotopic (exact) mass is 365 g/mol. The summed E-state index contributed by atoms with van der Waals surface area (Å²) in [5, 5.41) is 5.96. The summed E-state index contributed by atoms with van der Waals surface area (Å²) in [4.78, 5) is 12.1. The van der Waals surface area contributed by atoms with Crippen molar-refractivity contribution in [2.75, 3.05) is 30.6 Å². The van der Waals surface area contributed by atoms with Crippen LogP contribution in [0.3, 0.4) is 0 Å². The number of sulfonamides is 1. The average molecular weight is 366 g/mol. The highest BCUT2D eigenvalue weighted by atomic mass is 35.5. The number of carbonyl (C=O) groups excluding carboxylic acids is 1. The van der Waals surface area contributed by atoms with Crippen LogP contribution in [0.2, 0.25) is 0 Å². The Kier molecular flexibility index (Phi) is 7.24. The highest BCUT2D eigenvalue weighted by Crippen LogP contribution is 2.18. The lowest BCUT2D eigenvalue weighted by atomic mass is 10.1. The molecule has 0 spiro atoms. The molecular weight excluding hydrogens is 345 g/mol. The number of nitrogens with one attached hydrogen (secondary N) is 3. The quantitative estimate of drug-likeness (QED) is 0.710. The molecular formula is C14H21ClFN3O3S. The molecule has 6 nitrogen and oxygen atoms in total. The average Bonchev–Trinajstić information content (AvgIpc) is 2.92. The fourth-order valence-corrected chi connectivity index (χ4v) is 3.02. The van der Waals surface area contributed by atoms with E-state index in [2.05, 4.69) is 15.4 Å². The van der Waals surface area contributed by atoms with E-state index >= 15 is 0 Å². The van der Waals surface area contributed by atoms with Gasteiger partial charge in [0.1, 0.15) is 5.82 Å². The van der Waals surface area contributed by atoms with Gasteiger partial charge in [-0.3, -0.25) is 9.52 Å². The predicted octanol–water partition coefficient (Wildman–Crippen LogP) is 1.35. The first-order valence-corrected chi connectivity index (χ1v) is 9.00. The fraction of sp³-hybridized carbons (Fsp3) is 0.500. The summed E-state index contributed by atoms with van der Waals surface area (Å²) in [7, 11) is -3.54. The van der Waals surface area contributed by atoms with Gasteiger partial charge in [-0.25, -0.2) is 12.8 Å². The molecule has 130 valence electrons. The van der Waals surface area contributed by atoms with Gasteiger partial charge < -0.3 is 10.6 Å². The van der Waals surface area contributed by atoms with Crippen LogP contribution < -0.4 is 15.4 Å². The van der Waals surface area contributed by atoms with E-state index < -0.39 is 21.7 Å². The van der Waals surface area contributed by atoms with Crippen LogP contribution in [-0.4, -0.2) is 40.2 Å². The molecule has 1 aromatic carbocycles. The molecule has 1 atom stereocenters. The number of rotatable bonds is 6. The van der Waals surface area contributed by atoms with Crippen molar-refractivity contribution in [1.82, 2.24) is 10.6 Å². The van der Waals surface area contributed by atoms with Gasteiger partial charge in [-0.15, -0.1) is 12.4 Å². The molecule has 1 amide bonds. The van der Waals surface area contributed by atoms with Crippen LogP contribution in [0.5, 0.6) is 0 Å².